The first-order chi connectivity index (χ1) is 7.67. The number of aromatic nitrogens is 2. The van der Waals surface area contributed by atoms with Gasteiger partial charge in [0.25, 0.3) is 0 Å². The Kier molecular flexibility index (Phi) is 3.10. The molecule has 0 spiro atoms. The highest BCUT2D eigenvalue weighted by molar-refractivity contribution is 5.40. The van der Waals surface area contributed by atoms with Crippen LogP contribution in [0.3, 0.4) is 0 Å². The van der Waals surface area contributed by atoms with Gasteiger partial charge >= 0.3 is 0 Å². The van der Waals surface area contributed by atoms with Gasteiger partial charge in [0.1, 0.15) is 11.6 Å². The molecule has 2 rings (SSSR count). The first-order valence-corrected chi connectivity index (χ1v) is 6.00. The number of nitrogens with two attached hydrogens (primary N) is 1. The molecule has 1 aliphatic rings. The fourth-order valence-electron chi connectivity index (χ4n) is 2.13. The van der Waals surface area contributed by atoms with Crippen LogP contribution in [0.15, 0.2) is 6.07 Å². The van der Waals surface area contributed by atoms with E-state index in [4.69, 9.17) is 5.73 Å². The lowest BCUT2D eigenvalue weighted by molar-refractivity contribution is 0.286. The summed E-state index contributed by atoms with van der Waals surface area (Å²) in [5.41, 5.74) is 6.99. The third kappa shape index (κ3) is 2.16. The number of rotatable bonds is 4. The minimum atomic E-state index is 0.0891. The quantitative estimate of drug-likeness (QED) is 0.809. The molecule has 0 atom stereocenters. The zero-order chi connectivity index (χ0) is 11.6. The number of hydrogen-bond acceptors (Lipinski definition) is 4. The Morgan fingerprint density at radius 2 is 2.19 bits per heavy atom. The molecular formula is C12H20N4. The molecule has 0 aromatic carbocycles. The lowest BCUT2D eigenvalue weighted by Gasteiger charge is -2.42. The van der Waals surface area contributed by atoms with Gasteiger partial charge in [-0.3, -0.25) is 0 Å². The Morgan fingerprint density at radius 1 is 1.44 bits per heavy atom. The summed E-state index contributed by atoms with van der Waals surface area (Å²) < 4.78 is 0. The van der Waals surface area contributed by atoms with Crippen LogP contribution in [0, 0.1) is 6.92 Å². The first kappa shape index (κ1) is 11.3. The van der Waals surface area contributed by atoms with Gasteiger partial charge in [0, 0.05) is 18.3 Å². The highest BCUT2D eigenvalue weighted by Crippen LogP contribution is 2.33. The van der Waals surface area contributed by atoms with Crippen molar-refractivity contribution in [3.05, 3.63) is 17.6 Å². The minimum Gasteiger partial charge on any atom is -0.363 e. The first-order valence-electron chi connectivity index (χ1n) is 6.00. The largest absolute Gasteiger partial charge is 0.363 e. The van der Waals surface area contributed by atoms with Crippen molar-refractivity contribution >= 4 is 5.82 Å². The van der Waals surface area contributed by atoms with Crippen molar-refractivity contribution in [2.24, 2.45) is 5.73 Å². The van der Waals surface area contributed by atoms with Gasteiger partial charge in [0.05, 0.1) is 5.54 Å². The number of nitrogens with zero attached hydrogens (tertiary/aromatic N) is 2. The lowest BCUT2D eigenvalue weighted by Crippen LogP contribution is -2.51. The Balaban J connectivity index is 2.17. The predicted octanol–water partition coefficient (Wildman–Crippen LogP) is 1.64. The molecule has 4 heteroatoms. The maximum Gasteiger partial charge on any atom is 0.130 e. The van der Waals surface area contributed by atoms with Crippen LogP contribution in [-0.2, 0) is 6.42 Å². The van der Waals surface area contributed by atoms with Crippen molar-refractivity contribution < 1.29 is 0 Å². The topological polar surface area (TPSA) is 63.8 Å². The molecule has 88 valence electrons. The zero-order valence-electron chi connectivity index (χ0n) is 10.1. The summed E-state index contributed by atoms with van der Waals surface area (Å²) in [7, 11) is 0. The van der Waals surface area contributed by atoms with E-state index in [-0.39, 0.29) is 5.54 Å². The molecule has 0 amide bonds. The van der Waals surface area contributed by atoms with Crippen LogP contribution in [0.5, 0.6) is 0 Å². The van der Waals surface area contributed by atoms with E-state index in [1.54, 1.807) is 0 Å². The van der Waals surface area contributed by atoms with Crippen molar-refractivity contribution in [1.29, 1.82) is 0 Å². The molecular weight excluding hydrogens is 200 g/mol. The summed E-state index contributed by atoms with van der Waals surface area (Å²) in [4.78, 5) is 8.79. The summed E-state index contributed by atoms with van der Waals surface area (Å²) in [5.74, 6) is 1.75. The monoisotopic (exact) mass is 220 g/mol. The van der Waals surface area contributed by atoms with Crippen LogP contribution in [0.4, 0.5) is 5.82 Å². The fourth-order valence-corrected chi connectivity index (χ4v) is 2.13. The van der Waals surface area contributed by atoms with Crippen LogP contribution >= 0.6 is 0 Å². The molecule has 0 bridgehead atoms. The average Bonchev–Trinajstić information content (AvgIpc) is 2.22. The second-order valence-corrected chi connectivity index (χ2v) is 4.61. The molecule has 1 aromatic heterocycles. The van der Waals surface area contributed by atoms with Crippen molar-refractivity contribution in [2.45, 2.75) is 45.1 Å². The van der Waals surface area contributed by atoms with E-state index < -0.39 is 0 Å². The average molecular weight is 220 g/mol. The van der Waals surface area contributed by atoms with Crippen molar-refractivity contribution in [2.75, 3.05) is 11.9 Å². The summed E-state index contributed by atoms with van der Waals surface area (Å²) in [5, 5.41) is 3.48. The molecule has 1 aliphatic carbocycles. The van der Waals surface area contributed by atoms with Crippen molar-refractivity contribution in [3.63, 3.8) is 0 Å². The summed E-state index contributed by atoms with van der Waals surface area (Å²) in [6.45, 7) is 4.71. The summed E-state index contributed by atoms with van der Waals surface area (Å²) >= 11 is 0. The molecule has 0 radical (unpaired) electrons. The highest BCUT2D eigenvalue weighted by atomic mass is 15.1. The van der Waals surface area contributed by atoms with Gasteiger partial charge in [-0.15, -0.1) is 0 Å². The van der Waals surface area contributed by atoms with Crippen LogP contribution in [0.25, 0.3) is 0 Å². The van der Waals surface area contributed by atoms with Gasteiger partial charge in [0.2, 0.25) is 0 Å². The molecule has 16 heavy (non-hydrogen) atoms. The highest BCUT2D eigenvalue weighted by Gasteiger charge is 2.35. The molecule has 0 saturated heterocycles. The number of hydrogen-bond donors (Lipinski definition) is 2. The molecule has 4 nitrogen and oxygen atoms in total. The molecule has 1 fully saturated rings. The minimum absolute atomic E-state index is 0.0891. The second-order valence-electron chi connectivity index (χ2n) is 4.61. The van der Waals surface area contributed by atoms with Gasteiger partial charge in [-0.1, -0.05) is 6.92 Å². The van der Waals surface area contributed by atoms with E-state index in [2.05, 4.69) is 22.2 Å². The third-order valence-corrected chi connectivity index (χ3v) is 3.35. The van der Waals surface area contributed by atoms with Crippen LogP contribution in [0.1, 0.15) is 37.7 Å². The van der Waals surface area contributed by atoms with E-state index in [1.807, 2.05) is 13.0 Å². The molecule has 1 aromatic rings. The Morgan fingerprint density at radius 3 is 2.69 bits per heavy atom. The van der Waals surface area contributed by atoms with Crippen LogP contribution in [0.2, 0.25) is 0 Å². The molecule has 1 saturated carbocycles. The number of nitrogens with one attached hydrogen (secondary N) is 1. The van der Waals surface area contributed by atoms with Gasteiger partial charge in [-0.25, -0.2) is 9.97 Å². The van der Waals surface area contributed by atoms with E-state index in [9.17, 15) is 0 Å². The SMILES string of the molecule is CCc1cc(NC2(CN)CCC2)nc(C)n1. The van der Waals surface area contributed by atoms with E-state index >= 15 is 0 Å². The normalized spacial score (nSPS) is 17.9. The van der Waals surface area contributed by atoms with Crippen LogP contribution < -0.4 is 11.1 Å². The fraction of sp³-hybridized carbons (Fsp3) is 0.667. The van der Waals surface area contributed by atoms with Gasteiger partial charge in [0.15, 0.2) is 0 Å². The van der Waals surface area contributed by atoms with Gasteiger partial charge < -0.3 is 11.1 Å². The summed E-state index contributed by atoms with van der Waals surface area (Å²) in [6.07, 6.45) is 4.49. The van der Waals surface area contributed by atoms with Crippen LogP contribution in [-0.4, -0.2) is 22.1 Å². The standard InChI is InChI=1S/C12H20N4/c1-3-10-7-11(15-9(2)14-10)16-12(8-13)5-4-6-12/h7H,3-6,8,13H2,1-2H3,(H,14,15,16). The lowest BCUT2D eigenvalue weighted by atomic mass is 9.77. The van der Waals surface area contributed by atoms with E-state index in [1.165, 1.54) is 6.42 Å². The van der Waals surface area contributed by atoms with Gasteiger partial charge in [-0.2, -0.15) is 0 Å². The maximum atomic E-state index is 5.82. The van der Waals surface area contributed by atoms with Gasteiger partial charge in [-0.05, 0) is 32.6 Å². The number of aryl methyl sites for hydroxylation is 2. The Bertz CT molecular complexity index is 366. The molecule has 1 heterocycles. The molecule has 0 unspecified atom stereocenters. The smallest absolute Gasteiger partial charge is 0.130 e. The zero-order valence-corrected chi connectivity index (χ0v) is 10.1. The van der Waals surface area contributed by atoms with Crippen molar-refractivity contribution in [3.8, 4) is 0 Å². The predicted molar refractivity (Wildman–Crippen MR) is 65.4 cm³/mol. The number of anilines is 1. The van der Waals surface area contributed by atoms with Crippen molar-refractivity contribution in [1.82, 2.24) is 9.97 Å². The Labute approximate surface area is 96.7 Å². The molecule has 3 N–H and O–H groups in total. The summed E-state index contributed by atoms with van der Waals surface area (Å²) in [6, 6.07) is 2.03. The Hall–Kier alpha value is -1.16. The van der Waals surface area contributed by atoms with E-state index in [0.29, 0.717) is 6.54 Å². The van der Waals surface area contributed by atoms with E-state index in [0.717, 1.165) is 36.6 Å². The second kappa shape index (κ2) is 4.37. The molecule has 0 aliphatic heterocycles. The maximum absolute atomic E-state index is 5.82. The third-order valence-electron chi connectivity index (χ3n) is 3.35.